The van der Waals surface area contributed by atoms with Gasteiger partial charge in [0, 0.05) is 17.3 Å². The molecule has 1 atom stereocenters. The molecule has 1 aromatic carbocycles. The fraction of sp³-hybridized carbons (Fsp3) is 0.529. The second-order valence-electron chi connectivity index (χ2n) is 6.99. The van der Waals surface area contributed by atoms with E-state index in [9.17, 15) is 9.59 Å². The van der Waals surface area contributed by atoms with Gasteiger partial charge in [-0.2, -0.15) is 0 Å². The normalized spacial score (nSPS) is 12.3. The third-order valence-corrected chi connectivity index (χ3v) is 3.38. The molecule has 0 aromatic heterocycles. The van der Waals surface area contributed by atoms with Gasteiger partial charge in [-0.1, -0.05) is 26.8 Å². The van der Waals surface area contributed by atoms with Crippen LogP contribution in [-0.2, 0) is 4.79 Å². The predicted octanol–water partition coefficient (Wildman–Crippen LogP) is 2.87. The molecular weight excluding hydrogens is 314 g/mol. The summed E-state index contributed by atoms with van der Waals surface area (Å²) in [6.07, 6.45) is 0. The van der Waals surface area contributed by atoms with Gasteiger partial charge in [-0.05, 0) is 43.9 Å². The van der Waals surface area contributed by atoms with E-state index in [0.717, 1.165) is 5.56 Å². The maximum Gasteiger partial charge on any atom is 0.251 e. The molecule has 0 heterocycles. The molecule has 0 aliphatic heterocycles. The molecule has 0 unspecified atom stereocenters. The summed E-state index contributed by atoms with van der Waals surface area (Å²) in [4.78, 5) is 24.3. The van der Waals surface area contributed by atoms with E-state index >= 15 is 0 Å². The summed E-state index contributed by atoms with van der Waals surface area (Å²) < 4.78 is 0. The average molecular weight is 342 g/mol. The van der Waals surface area contributed by atoms with Gasteiger partial charge in [0.15, 0.2) is 0 Å². The van der Waals surface area contributed by atoms with Crippen LogP contribution in [0.1, 0.15) is 50.5 Å². The number of halogens is 1. The van der Waals surface area contributed by atoms with E-state index in [4.69, 9.17) is 5.73 Å². The molecule has 5 nitrogen and oxygen atoms in total. The Balaban J connectivity index is 0.00000484. The number of carbonyl (C=O) groups excluding carboxylic acids is 2. The first-order chi connectivity index (χ1) is 10.0. The quantitative estimate of drug-likeness (QED) is 0.787. The Hall–Kier alpha value is -1.59. The third-order valence-electron chi connectivity index (χ3n) is 3.38. The number of nitrogens with two attached hydrogens (primary N) is 1. The maximum absolute atomic E-state index is 12.2. The van der Waals surface area contributed by atoms with Crippen LogP contribution in [0.25, 0.3) is 0 Å². The van der Waals surface area contributed by atoms with Crippen molar-refractivity contribution in [2.75, 3.05) is 5.32 Å². The number of rotatable bonds is 4. The zero-order chi connectivity index (χ0) is 17.1. The first-order valence-electron chi connectivity index (χ1n) is 7.50. The van der Waals surface area contributed by atoms with Crippen LogP contribution < -0.4 is 16.4 Å². The zero-order valence-electron chi connectivity index (χ0n) is 14.7. The van der Waals surface area contributed by atoms with Gasteiger partial charge in [-0.3, -0.25) is 9.59 Å². The zero-order valence-corrected chi connectivity index (χ0v) is 15.5. The molecule has 0 fully saturated rings. The van der Waals surface area contributed by atoms with Crippen LogP contribution in [0.3, 0.4) is 0 Å². The van der Waals surface area contributed by atoms with E-state index in [2.05, 4.69) is 10.6 Å². The smallest absolute Gasteiger partial charge is 0.251 e. The standard InChI is InChI=1S/C17H27N3O2.ClH/c1-10(2)19-15(21)13-9-12(8-7-11(13)3)20-16(22)14(18)17(4,5)6;/h7-10,14H,18H2,1-6H3,(H,19,21)(H,20,22);1H/t14-;/m1./s1. The molecule has 0 radical (unpaired) electrons. The molecule has 4 N–H and O–H groups in total. The number of nitrogens with one attached hydrogen (secondary N) is 2. The number of hydrogen-bond acceptors (Lipinski definition) is 3. The highest BCUT2D eigenvalue weighted by molar-refractivity contribution is 5.99. The number of aryl methyl sites for hydroxylation is 1. The summed E-state index contributed by atoms with van der Waals surface area (Å²) in [6, 6.07) is 4.70. The molecule has 0 aliphatic carbocycles. The van der Waals surface area contributed by atoms with E-state index < -0.39 is 6.04 Å². The highest BCUT2D eigenvalue weighted by atomic mass is 35.5. The van der Waals surface area contributed by atoms with Crippen molar-refractivity contribution in [1.29, 1.82) is 0 Å². The van der Waals surface area contributed by atoms with E-state index in [0.29, 0.717) is 11.3 Å². The topological polar surface area (TPSA) is 84.2 Å². The van der Waals surface area contributed by atoms with Crippen molar-refractivity contribution in [2.45, 2.75) is 53.6 Å². The summed E-state index contributed by atoms with van der Waals surface area (Å²) >= 11 is 0. The average Bonchev–Trinajstić information content (AvgIpc) is 2.38. The number of amides is 2. The molecule has 0 saturated carbocycles. The minimum atomic E-state index is -0.623. The largest absolute Gasteiger partial charge is 0.350 e. The number of carbonyl (C=O) groups is 2. The summed E-state index contributed by atoms with van der Waals surface area (Å²) in [5.74, 6) is -0.407. The molecule has 1 rings (SSSR count). The van der Waals surface area contributed by atoms with Crippen molar-refractivity contribution in [1.82, 2.24) is 5.32 Å². The lowest BCUT2D eigenvalue weighted by molar-refractivity contribution is -0.119. The number of anilines is 1. The lowest BCUT2D eigenvalue weighted by Crippen LogP contribution is -2.45. The summed E-state index contributed by atoms with van der Waals surface area (Å²) in [6.45, 7) is 11.4. The van der Waals surface area contributed by atoms with Crippen LogP contribution in [-0.4, -0.2) is 23.9 Å². The van der Waals surface area contributed by atoms with E-state index in [-0.39, 0.29) is 35.7 Å². The summed E-state index contributed by atoms with van der Waals surface area (Å²) in [5, 5.41) is 5.63. The monoisotopic (exact) mass is 341 g/mol. The van der Waals surface area contributed by atoms with Gasteiger partial charge >= 0.3 is 0 Å². The lowest BCUT2D eigenvalue weighted by atomic mass is 9.87. The predicted molar refractivity (Wildman–Crippen MR) is 97.1 cm³/mol. The Kier molecular flexibility index (Phi) is 7.74. The molecule has 0 bridgehead atoms. The van der Waals surface area contributed by atoms with Crippen molar-refractivity contribution in [3.63, 3.8) is 0 Å². The van der Waals surface area contributed by atoms with Crippen molar-refractivity contribution in [3.05, 3.63) is 29.3 Å². The molecule has 2 amide bonds. The van der Waals surface area contributed by atoms with Crippen molar-refractivity contribution in [3.8, 4) is 0 Å². The Bertz CT molecular complexity index is 565. The third kappa shape index (κ3) is 6.20. The minimum Gasteiger partial charge on any atom is -0.350 e. The van der Waals surface area contributed by atoms with Crippen molar-refractivity contribution in [2.24, 2.45) is 11.1 Å². The van der Waals surface area contributed by atoms with Gasteiger partial charge in [-0.25, -0.2) is 0 Å². The van der Waals surface area contributed by atoms with Gasteiger partial charge < -0.3 is 16.4 Å². The molecule has 0 aliphatic rings. The Morgan fingerprint density at radius 3 is 2.22 bits per heavy atom. The van der Waals surface area contributed by atoms with Gasteiger partial charge in [0.05, 0.1) is 6.04 Å². The van der Waals surface area contributed by atoms with Gasteiger partial charge in [0.1, 0.15) is 0 Å². The van der Waals surface area contributed by atoms with Crippen LogP contribution in [0.4, 0.5) is 5.69 Å². The SMILES string of the molecule is Cc1ccc(NC(=O)[C@@H](N)C(C)(C)C)cc1C(=O)NC(C)C.Cl. The Morgan fingerprint density at radius 1 is 1.17 bits per heavy atom. The van der Waals surface area contributed by atoms with E-state index in [1.54, 1.807) is 12.1 Å². The number of hydrogen-bond donors (Lipinski definition) is 3. The fourth-order valence-corrected chi connectivity index (χ4v) is 1.90. The maximum atomic E-state index is 12.2. The molecule has 1 aromatic rings. The minimum absolute atomic E-state index is 0. The summed E-state index contributed by atoms with van der Waals surface area (Å²) in [7, 11) is 0. The van der Waals surface area contributed by atoms with Crippen LogP contribution in [0.5, 0.6) is 0 Å². The highest BCUT2D eigenvalue weighted by Gasteiger charge is 2.27. The molecule has 130 valence electrons. The van der Waals surface area contributed by atoms with Crippen LogP contribution >= 0.6 is 12.4 Å². The summed E-state index contributed by atoms with van der Waals surface area (Å²) in [5.41, 5.74) is 7.60. The van der Waals surface area contributed by atoms with Gasteiger partial charge in [-0.15, -0.1) is 12.4 Å². The Morgan fingerprint density at radius 2 is 1.74 bits per heavy atom. The first kappa shape index (κ1) is 21.4. The molecule has 0 saturated heterocycles. The van der Waals surface area contributed by atoms with Crippen LogP contribution in [0, 0.1) is 12.3 Å². The molecule has 23 heavy (non-hydrogen) atoms. The highest BCUT2D eigenvalue weighted by Crippen LogP contribution is 2.20. The lowest BCUT2D eigenvalue weighted by Gasteiger charge is -2.26. The van der Waals surface area contributed by atoms with Gasteiger partial charge in [0.2, 0.25) is 5.91 Å². The van der Waals surface area contributed by atoms with E-state index in [1.165, 1.54) is 0 Å². The van der Waals surface area contributed by atoms with Crippen LogP contribution in [0.2, 0.25) is 0 Å². The second-order valence-corrected chi connectivity index (χ2v) is 6.99. The second kappa shape index (κ2) is 8.31. The molecule has 0 spiro atoms. The fourth-order valence-electron chi connectivity index (χ4n) is 1.90. The Labute approximate surface area is 144 Å². The first-order valence-corrected chi connectivity index (χ1v) is 7.50. The van der Waals surface area contributed by atoms with Crippen molar-refractivity contribution >= 4 is 29.9 Å². The van der Waals surface area contributed by atoms with E-state index in [1.807, 2.05) is 47.6 Å². The van der Waals surface area contributed by atoms with Crippen LogP contribution in [0.15, 0.2) is 18.2 Å². The number of benzene rings is 1. The molecular formula is C17H28ClN3O2. The molecule has 6 heteroatoms. The van der Waals surface area contributed by atoms with Crippen molar-refractivity contribution < 1.29 is 9.59 Å². The van der Waals surface area contributed by atoms with Gasteiger partial charge in [0.25, 0.3) is 5.91 Å².